The SMILES string of the molecule is Cc1cc(C(=O)NCC2CCCO2)c(C)n1-c1ccc(N2CCC(C)CC2)nc1. The zero-order valence-corrected chi connectivity index (χ0v) is 17.8. The molecule has 4 rings (SSSR count). The van der Waals surface area contributed by atoms with E-state index in [1.54, 1.807) is 0 Å². The second-order valence-corrected chi connectivity index (χ2v) is 8.51. The molecule has 2 saturated heterocycles. The summed E-state index contributed by atoms with van der Waals surface area (Å²) >= 11 is 0. The Kier molecular flexibility index (Phi) is 5.90. The molecule has 2 aliphatic heterocycles. The maximum Gasteiger partial charge on any atom is 0.253 e. The van der Waals surface area contributed by atoms with E-state index in [-0.39, 0.29) is 12.0 Å². The Balaban J connectivity index is 1.47. The van der Waals surface area contributed by atoms with Gasteiger partial charge in [0.15, 0.2) is 0 Å². The molecule has 156 valence electrons. The van der Waals surface area contributed by atoms with Crippen LogP contribution in [0.3, 0.4) is 0 Å². The van der Waals surface area contributed by atoms with E-state index in [1.807, 2.05) is 26.1 Å². The van der Waals surface area contributed by atoms with Crippen molar-refractivity contribution in [3.63, 3.8) is 0 Å². The third-order valence-electron chi connectivity index (χ3n) is 6.29. The van der Waals surface area contributed by atoms with E-state index in [0.717, 1.165) is 66.9 Å². The molecule has 0 aliphatic carbocycles. The molecule has 1 N–H and O–H groups in total. The predicted octanol–water partition coefficient (Wildman–Crippen LogP) is 3.63. The molecule has 0 radical (unpaired) electrons. The van der Waals surface area contributed by atoms with Crippen molar-refractivity contribution in [3.05, 3.63) is 41.3 Å². The Morgan fingerprint density at radius 1 is 1.24 bits per heavy atom. The first-order valence-electron chi connectivity index (χ1n) is 10.8. The molecular formula is C23H32N4O2. The van der Waals surface area contributed by atoms with Gasteiger partial charge in [0.2, 0.25) is 0 Å². The largest absolute Gasteiger partial charge is 0.376 e. The minimum absolute atomic E-state index is 0.0353. The fraction of sp³-hybridized carbons (Fsp3) is 0.565. The van der Waals surface area contributed by atoms with Gasteiger partial charge in [0, 0.05) is 37.6 Å². The highest BCUT2D eigenvalue weighted by atomic mass is 16.5. The van der Waals surface area contributed by atoms with Crippen LogP contribution in [0.5, 0.6) is 0 Å². The standard InChI is InChI=1S/C23H32N4O2/c1-16-8-10-26(11-9-16)22-7-6-19(14-24-22)27-17(2)13-21(18(27)3)23(28)25-15-20-5-4-12-29-20/h6-7,13-14,16,20H,4-5,8-12,15H2,1-3H3,(H,25,28). The number of amides is 1. The monoisotopic (exact) mass is 396 g/mol. The smallest absolute Gasteiger partial charge is 0.253 e. The van der Waals surface area contributed by atoms with Crippen molar-refractivity contribution in [1.29, 1.82) is 0 Å². The lowest BCUT2D eigenvalue weighted by molar-refractivity contribution is 0.0857. The summed E-state index contributed by atoms with van der Waals surface area (Å²) in [7, 11) is 0. The van der Waals surface area contributed by atoms with Gasteiger partial charge in [-0.05, 0) is 63.6 Å². The molecule has 1 unspecified atom stereocenters. The average Bonchev–Trinajstić information content (AvgIpc) is 3.35. The van der Waals surface area contributed by atoms with Gasteiger partial charge < -0.3 is 19.5 Å². The van der Waals surface area contributed by atoms with Crippen molar-refractivity contribution in [1.82, 2.24) is 14.9 Å². The minimum atomic E-state index is -0.0353. The number of aromatic nitrogens is 2. The van der Waals surface area contributed by atoms with Crippen LogP contribution in [0.15, 0.2) is 24.4 Å². The maximum atomic E-state index is 12.7. The number of ether oxygens (including phenoxy) is 1. The van der Waals surface area contributed by atoms with Crippen molar-refractivity contribution in [3.8, 4) is 5.69 Å². The van der Waals surface area contributed by atoms with Gasteiger partial charge in [0.1, 0.15) is 5.82 Å². The summed E-state index contributed by atoms with van der Waals surface area (Å²) in [5, 5.41) is 3.03. The number of hydrogen-bond acceptors (Lipinski definition) is 4. The van der Waals surface area contributed by atoms with Gasteiger partial charge in [0.05, 0.1) is 23.6 Å². The Morgan fingerprint density at radius 2 is 2.03 bits per heavy atom. The van der Waals surface area contributed by atoms with E-state index in [1.165, 1.54) is 12.8 Å². The number of anilines is 1. The second kappa shape index (κ2) is 8.57. The van der Waals surface area contributed by atoms with Crippen LogP contribution in [0.2, 0.25) is 0 Å². The van der Waals surface area contributed by atoms with Gasteiger partial charge in [0.25, 0.3) is 5.91 Å². The van der Waals surface area contributed by atoms with E-state index < -0.39 is 0 Å². The van der Waals surface area contributed by atoms with E-state index in [0.29, 0.717) is 6.54 Å². The van der Waals surface area contributed by atoms with E-state index in [4.69, 9.17) is 9.72 Å². The number of carbonyl (C=O) groups excluding carboxylic acids is 1. The Labute approximate surface area is 173 Å². The third-order valence-corrected chi connectivity index (χ3v) is 6.29. The molecular weight excluding hydrogens is 364 g/mol. The van der Waals surface area contributed by atoms with Crippen LogP contribution in [0.1, 0.15) is 54.4 Å². The molecule has 1 atom stereocenters. The molecule has 4 heterocycles. The van der Waals surface area contributed by atoms with Crippen molar-refractivity contribution in [2.24, 2.45) is 5.92 Å². The second-order valence-electron chi connectivity index (χ2n) is 8.51. The fourth-order valence-electron chi connectivity index (χ4n) is 4.43. The zero-order chi connectivity index (χ0) is 20.4. The lowest BCUT2D eigenvalue weighted by Gasteiger charge is -2.31. The van der Waals surface area contributed by atoms with Gasteiger partial charge >= 0.3 is 0 Å². The summed E-state index contributed by atoms with van der Waals surface area (Å²) in [6.07, 6.45) is 6.62. The van der Waals surface area contributed by atoms with Crippen LogP contribution in [-0.2, 0) is 4.74 Å². The summed E-state index contributed by atoms with van der Waals surface area (Å²) in [6.45, 7) is 9.87. The topological polar surface area (TPSA) is 59.4 Å². The summed E-state index contributed by atoms with van der Waals surface area (Å²) in [5.74, 6) is 1.81. The lowest BCUT2D eigenvalue weighted by atomic mass is 9.99. The van der Waals surface area contributed by atoms with E-state index in [9.17, 15) is 4.79 Å². The highest BCUT2D eigenvalue weighted by Gasteiger charge is 2.21. The Morgan fingerprint density at radius 3 is 2.69 bits per heavy atom. The molecule has 0 spiro atoms. The van der Waals surface area contributed by atoms with Gasteiger partial charge in [-0.3, -0.25) is 4.79 Å². The normalized spacial score (nSPS) is 20.2. The number of piperidine rings is 1. The Bertz CT molecular complexity index is 845. The number of rotatable bonds is 5. The molecule has 2 fully saturated rings. The van der Waals surface area contributed by atoms with Crippen molar-refractivity contribution < 1.29 is 9.53 Å². The van der Waals surface area contributed by atoms with Crippen LogP contribution < -0.4 is 10.2 Å². The highest BCUT2D eigenvalue weighted by Crippen LogP contribution is 2.24. The molecule has 2 aliphatic rings. The molecule has 6 heteroatoms. The Hall–Kier alpha value is -2.34. The number of aryl methyl sites for hydroxylation is 1. The number of hydrogen-bond donors (Lipinski definition) is 1. The quantitative estimate of drug-likeness (QED) is 0.838. The molecule has 1 amide bonds. The first kappa shape index (κ1) is 20.0. The maximum absolute atomic E-state index is 12.7. The number of carbonyl (C=O) groups is 1. The molecule has 6 nitrogen and oxygen atoms in total. The zero-order valence-electron chi connectivity index (χ0n) is 17.8. The fourth-order valence-corrected chi connectivity index (χ4v) is 4.43. The third kappa shape index (κ3) is 4.32. The molecule has 29 heavy (non-hydrogen) atoms. The first-order valence-corrected chi connectivity index (χ1v) is 10.8. The predicted molar refractivity (Wildman–Crippen MR) is 115 cm³/mol. The van der Waals surface area contributed by atoms with Crippen molar-refractivity contribution >= 4 is 11.7 Å². The van der Waals surface area contributed by atoms with Gasteiger partial charge in [-0.1, -0.05) is 6.92 Å². The van der Waals surface area contributed by atoms with Gasteiger partial charge in [-0.25, -0.2) is 4.98 Å². The lowest BCUT2D eigenvalue weighted by Crippen LogP contribution is -2.33. The van der Waals surface area contributed by atoms with E-state index >= 15 is 0 Å². The summed E-state index contributed by atoms with van der Waals surface area (Å²) in [5.41, 5.74) is 3.68. The van der Waals surface area contributed by atoms with Crippen LogP contribution >= 0.6 is 0 Å². The molecule has 2 aromatic rings. The highest BCUT2D eigenvalue weighted by molar-refractivity contribution is 5.95. The average molecular weight is 397 g/mol. The molecule has 0 aromatic carbocycles. The van der Waals surface area contributed by atoms with Crippen LogP contribution in [0.4, 0.5) is 5.82 Å². The summed E-state index contributed by atoms with van der Waals surface area (Å²) in [4.78, 5) is 19.8. The van der Waals surface area contributed by atoms with Crippen molar-refractivity contribution in [2.45, 2.75) is 52.6 Å². The minimum Gasteiger partial charge on any atom is -0.376 e. The first-order chi connectivity index (χ1) is 14.0. The van der Waals surface area contributed by atoms with Gasteiger partial charge in [-0.15, -0.1) is 0 Å². The number of nitrogens with zero attached hydrogens (tertiary/aromatic N) is 3. The van der Waals surface area contributed by atoms with Gasteiger partial charge in [-0.2, -0.15) is 0 Å². The van der Waals surface area contributed by atoms with Crippen LogP contribution in [-0.4, -0.2) is 47.8 Å². The summed E-state index contributed by atoms with van der Waals surface area (Å²) in [6, 6.07) is 6.16. The van der Waals surface area contributed by atoms with Crippen LogP contribution in [0, 0.1) is 19.8 Å². The molecule has 0 bridgehead atoms. The molecule has 2 aromatic heterocycles. The van der Waals surface area contributed by atoms with Crippen LogP contribution in [0.25, 0.3) is 5.69 Å². The van der Waals surface area contributed by atoms with Crippen molar-refractivity contribution in [2.75, 3.05) is 31.1 Å². The number of nitrogens with one attached hydrogen (secondary N) is 1. The molecule has 0 saturated carbocycles. The number of pyridine rings is 1. The van der Waals surface area contributed by atoms with E-state index in [2.05, 4.69) is 33.8 Å². The summed E-state index contributed by atoms with van der Waals surface area (Å²) < 4.78 is 7.71.